The zero-order chi connectivity index (χ0) is 13.6. The van der Waals surface area contributed by atoms with Crippen LogP contribution in [0.1, 0.15) is 52.9 Å². The number of methoxy groups -OCH3 is 1. The summed E-state index contributed by atoms with van der Waals surface area (Å²) in [6, 6.07) is 0. The van der Waals surface area contributed by atoms with E-state index >= 15 is 0 Å². The monoisotopic (exact) mass is 258 g/mol. The van der Waals surface area contributed by atoms with Crippen molar-refractivity contribution in [1.82, 2.24) is 0 Å². The molecule has 1 unspecified atom stereocenters. The SMILES string of the molecule is COCC(CO)(COC(C)(C)C)C1CCCCC1. The molecule has 3 heteroatoms. The molecule has 0 heterocycles. The zero-order valence-corrected chi connectivity index (χ0v) is 12.5. The number of ether oxygens (including phenoxy) is 2. The van der Waals surface area contributed by atoms with Crippen LogP contribution in [0.25, 0.3) is 0 Å². The fourth-order valence-corrected chi connectivity index (χ4v) is 2.86. The second-order valence-corrected chi connectivity index (χ2v) is 6.69. The van der Waals surface area contributed by atoms with Crippen molar-refractivity contribution in [1.29, 1.82) is 0 Å². The predicted octanol–water partition coefficient (Wildman–Crippen LogP) is 3.01. The van der Waals surface area contributed by atoms with E-state index in [2.05, 4.69) is 20.8 Å². The minimum Gasteiger partial charge on any atom is -0.396 e. The fraction of sp³-hybridized carbons (Fsp3) is 1.00. The molecule has 1 fully saturated rings. The van der Waals surface area contributed by atoms with Gasteiger partial charge in [0.2, 0.25) is 0 Å². The minimum atomic E-state index is -0.220. The summed E-state index contributed by atoms with van der Waals surface area (Å²) >= 11 is 0. The highest BCUT2D eigenvalue weighted by molar-refractivity contribution is 4.88. The Balaban J connectivity index is 2.71. The third-order valence-electron chi connectivity index (χ3n) is 4.01. The van der Waals surface area contributed by atoms with E-state index in [0.29, 0.717) is 19.1 Å². The first-order valence-corrected chi connectivity index (χ1v) is 7.17. The molecule has 0 aromatic carbocycles. The van der Waals surface area contributed by atoms with Crippen LogP contribution in [-0.2, 0) is 9.47 Å². The second kappa shape index (κ2) is 6.88. The zero-order valence-electron chi connectivity index (χ0n) is 12.5. The molecule has 3 nitrogen and oxygen atoms in total. The van der Waals surface area contributed by atoms with E-state index in [1.807, 2.05) is 0 Å². The molecule has 1 saturated carbocycles. The Hall–Kier alpha value is -0.120. The molecule has 1 aliphatic rings. The lowest BCUT2D eigenvalue weighted by molar-refractivity contribution is -0.120. The van der Waals surface area contributed by atoms with Gasteiger partial charge in [0, 0.05) is 12.5 Å². The van der Waals surface area contributed by atoms with Crippen LogP contribution >= 0.6 is 0 Å². The average molecular weight is 258 g/mol. The van der Waals surface area contributed by atoms with Crippen molar-refractivity contribution < 1.29 is 14.6 Å². The van der Waals surface area contributed by atoms with Gasteiger partial charge in [0.15, 0.2) is 0 Å². The predicted molar refractivity (Wildman–Crippen MR) is 73.7 cm³/mol. The van der Waals surface area contributed by atoms with Crippen LogP contribution in [0.4, 0.5) is 0 Å². The van der Waals surface area contributed by atoms with E-state index in [1.165, 1.54) is 32.1 Å². The first-order valence-electron chi connectivity index (χ1n) is 7.17. The van der Waals surface area contributed by atoms with Crippen molar-refractivity contribution in [2.45, 2.75) is 58.5 Å². The standard InChI is InChI=1S/C15H30O3/c1-14(2,3)18-12-15(10-16,11-17-4)13-8-6-5-7-9-13/h13,16H,5-12H2,1-4H3. The van der Waals surface area contributed by atoms with Gasteiger partial charge in [-0.2, -0.15) is 0 Å². The molecular weight excluding hydrogens is 228 g/mol. The topological polar surface area (TPSA) is 38.7 Å². The van der Waals surface area contributed by atoms with Crippen molar-refractivity contribution in [2.24, 2.45) is 11.3 Å². The molecule has 0 bridgehead atoms. The molecule has 0 radical (unpaired) electrons. The summed E-state index contributed by atoms with van der Waals surface area (Å²) in [6.45, 7) is 7.51. The van der Waals surface area contributed by atoms with Crippen LogP contribution in [0.5, 0.6) is 0 Å². The lowest BCUT2D eigenvalue weighted by Crippen LogP contribution is -2.45. The van der Waals surface area contributed by atoms with Gasteiger partial charge in [-0.15, -0.1) is 0 Å². The van der Waals surface area contributed by atoms with Gasteiger partial charge in [-0.1, -0.05) is 19.3 Å². The van der Waals surface area contributed by atoms with Gasteiger partial charge in [0.1, 0.15) is 0 Å². The Morgan fingerprint density at radius 3 is 2.11 bits per heavy atom. The van der Waals surface area contributed by atoms with E-state index < -0.39 is 0 Å². The third-order valence-corrected chi connectivity index (χ3v) is 4.01. The van der Waals surface area contributed by atoms with Crippen LogP contribution in [0.2, 0.25) is 0 Å². The first-order chi connectivity index (χ1) is 8.43. The van der Waals surface area contributed by atoms with Crippen LogP contribution in [0.3, 0.4) is 0 Å². The van der Waals surface area contributed by atoms with Gasteiger partial charge in [-0.25, -0.2) is 0 Å². The molecule has 18 heavy (non-hydrogen) atoms. The van der Waals surface area contributed by atoms with Crippen molar-refractivity contribution >= 4 is 0 Å². The highest BCUT2D eigenvalue weighted by atomic mass is 16.5. The lowest BCUT2D eigenvalue weighted by Gasteiger charge is -2.42. The van der Waals surface area contributed by atoms with Crippen molar-refractivity contribution in [3.63, 3.8) is 0 Å². The van der Waals surface area contributed by atoms with E-state index in [0.717, 1.165) is 0 Å². The van der Waals surface area contributed by atoms with Crippen LogP contribution in [-0.4, -0.2) is 37.6 Å². The summed E-state index contributed by atoms with van der Waals surface area (Å²) in [7, 11) is 1.71. The first kappa shape index (κ1) is 15.9. The number of hydrogen-bond acceptors (Lipinski definition) is 3. The van der Waals surface area contributed by atoms with Crippen molar-refractivity contribution in [3.8, 4) is 0 Å². The number of rotatable bonds is 6. The Morgan fingerprint density at radius 1 is 1.06 bits per heavy atom. The quantitative estimate of drug-likeness (QED) is 0.796. The Labute approximate surface area is 112 Å². The van der Waals surface area contributed by atoms with Crippen LogP contribution < -0.4 is 0 Å². The number of hydrogen-bond donors (Lipinski definition) is 1. The van der Waals surface area contributed by atoms with Crippen molar-refractivity contribution in [2.75, 3.05) is 26.9 Å². The van der Waals surface area contributed by atoms with Gasteiger partial charge in [-0.05, 0) is 39.5 Å². The highest BCUT2D eigenvalue weighted by Gasteiger charge is 2.40. The van der Waals surface area contributed by atoms with Crippen LogP contribution in [0, 0.1) is 11.3 Å². The van der Waals surface area contributed by atoms with E-state index in [1.54, 1.807) is 7.11 Å². The number of aliphatic hydroxyl groups is 1. The van der Waals surface area contributed by atoms with Crippen molar-refractivity contribution in [3.05, 3.63) is 0 Å². The third kappa shape index (κ3) is 4.52. The molecule has 1 aliphatic carbocycles. The smallest absolute Gasteiger partial charge is 0.0598 e. The van der Waals surface area contributed by atoms with Gasteiger partial charge in [0.25, 0.3) is 0 Å². The van der Waals surface area contributed by atoms with E-state index in [9.17, 15) is 5.11 Å². The summed E-state index contributed by atoms with van der Waals surface area (Å²) in [5.41, 5.74) is -0.384. The Bertz CT molecular complexity index is 228. The van der Waals surface area contributed by atoms with Gasteiger partial charge < -0.3 is 14.6 Å². The minimum absolute atomic E-state index is 0.154. The molecule has 1 N–H and O–H groups in total. The highest BCUT2D eigenvalue weighted by Crippen LogP contribution is 2.39. The summed E-state index contributed by atoms with van der Waals surface area (Å²) in [6.07, 6.45) is 6.25. The molecule has 0 saturated heterocycles. The summed E-state index contributed by atoms with van der Waals surface area (Å²) in [5.74, 6) is 0.526. The second-order valence-electron chi connectivity index (χ2n) is 6.69. The van der Waals surface area contributed by atoms with E-state index in [-0.39, 0.29) is 17.6 Å². The summed E-state index contributed by atoms with van der Waals surface area (Å²) in [5, 5.41) is 9.90. The largest absolute Gasteiger partial charge is 0.396 e. The molecule has 0 aliphatic heterocycles. The maximum Gasteiger partial charge on any atom is 0.0598 e. The van der Waals surface area contributed by atoms with Gasteiger partial charge in [0.05, 0.1) is 25.4 Å². The Kier molecular flexibility index (Phi) is 6.09. The van der Waals surface area contributed by atoms with Gasteiger partial charge >= 0.3 is 0 Å². The molecule has 0 amide bonds. The fourth-order valence-electron chi connectivity index (χ4n) is 2.86. The molecule has 1 rings (SSSR count). The molecule has 0 aromatic rings. The summed E-state index contributed by atoms with van der Waals surface area (Å²) < 4.78 is 11.3. The number of aliphatic hydroxyl groups excluding tert-OH is 1. The molecular formula is C15H30O3. The molecule has 1 atom stereocenters. The Morgan fingerprint density at radius 2 is 1.67 bits per heavy atom. The molecule has 0 aromatic heterocycles. The molecule has 108 valence electrons. The van der Waals surface area contributed by atoms with Gasteiger partial charge in [-0.3, -0.25) is 0 Å². The average Bonchev–Trinajstić information content (AvgIpc) is 2.35. The molecule has 0 spiro atoms. The van der Waals surface area contributed by atoms with Crippen LogP contribution in [0.15, 0.2) is 0 Å². The normalized spacial score (nSPS) is 21.8. The summed E-state index contributed by atoms with van der Waals surface area (Å²) in [4.78, 5) is 0. The lowest BCUT2D eigenvalue weighted by atomic mass is 9.70. The van der Waals surface area contributed by atoms with E-state index in [4.69, 9.17) is 9.47 Å². The maximum absolute atomic E-state index is 9.90. The maximum atomic E-state index is 9.90.